The molecular weight excluding hydrogens is 417 g/mol. The van der Waals surface area contributed by atoms with Gasteiger partial charge in [-0.2, -0.15) is 13.2 Å². The first kappa shape index (κ1) is 21.4. The molecule has 4 aromatic rings. The largest absolute Gasteiger partial charge is 0.416 e. The number of halogens is 3. The van der Waals surface area contributed by atoms with Crippen LogP contribution in [0.2, 0.25) is 0 Å². The molecule has 7 heteroatoms. The lowest BCUT2D eigenvalue weighted by molar-refractivity contribution is -0.138. The first-order valence-electron chi connectivity index (χ1n) is 9.91. The molecule has 0 saturated heterocycles. The van der Waals surface area contributed by atoms with E-state index in [0.29, 0.717) is 16.3 Å². The molecule has 0 aliphatic rings. The third-order valence-electron chi connectivity index (χ3n) is 5.39. The lowest BCUT2D eigenvalue weighted by Gasteiger charge is -2.20. The van der Waals surface area contributed by atoms with Gasteiger partial charge >= 0.3 is 6.18 Å². The van der Waals surface area contributed by atoms with E-state index in [9.17, 15) is 22.8 Å². The van der Waals surface area contributed by atoms with E-state index in [0.717, 1.165) is 16.8 Å². The summed E-state index contributed by atoms with van der Waals surface area (Å²) in [5.41, 5.74) is 4.82. The summed E-state index contributed by atoms with van der Waals surface area (Å²) in [6, 6.07) is 20.1. The highest BCUT2D eigenvalue weighted by molar-refractivity contribution is 6.18. The second kappa shape index (κ2) is 8.34. The molecule has 0 radical (unpaired) electrons. The maximum atomic E-state index is 13.4. The van der Waals surface area contributed by atoms with Crippen LogP contribution < -0.4 is 11.1 Å². The highest BCUT2D eigenvalue weighted by atomic mass is 19.4. The maximum Gasteiger partial charge on any atom is 0.416 e. The zero-order valence-electron chi connectivity index (χ0n) is 16.8. The minimum absolute atomic E-state index is 0.119. The zero-order valence-corrected chi connectivity index (χ0v) is 16.8. The summed E-state index contributed by atoms with van der Waals surface area (Å²) in [5.74, 6) is -1.49. The average Bonchev–Trinajstić information content (AvgIpc) is 2.76. The van der Waals surface area contributed by atoms with Crippen molar-refractivity contribution in [3.05, 3.63) is 95.6 Å². The fourth-order valence-corrected chi connectivity index (χ4v) is 3.91. The Morgan fingerprint density at radius 1 is 0.844 bits per heavy atom. The molecule has 0 aliphatic carbocycles. The number of alkyl halides is 3. The highest BCUT2D eigenvalue weighted by Crippen LogP contribution is 2.33. The number of nitrogens with one attached hydrogen (secondary N) is 1. The van der Waals surface area contributed by atoms with E-state index in [4.69, 9.17) is 5.73 Å². The Morgan fingerprint density at radius 2 is 1.38 bits per heavy atom. The average molecular weight is 436 g/mol. The SMILES string of the molecule is NC(=O)[C@H](Cc1ccccc1C(F)(F)F)NC(=O)c1c2ccccc2cc2ccccc12. The van der Waals surface area contributed by atoms with E-state index in [-0.39, 0.29) is 12.0 Å². The monoisotopic (exact) mass is 436 g/mol. The molecule has 162 valence electrons. The van der Waals surface area contributed by atoms with Gasteiger partial charge in [0.1, 0.15) is 6.04 Å². The molecule has 4 aromatic carbocycles. The highest BCUT2D eigenvalue weighted by Gasteiger charge is 2.34. The minimum Gasteiger partial charge on any atom is -0.368 e. The van der Waals surface area contributed by atoms with E-state index in [1.54, 1.807) is 24.3 Å². The Morgan fingerprint density at radius 3 is 1.94 bits per heavy atom. The second-order valence-electron chi connectivity index (χ2n) is 7.48. The number of carbonyl (C=O) groups excluding carboxylic acids is 2. The predicted molar refractivity (Wildman–Crippen MR) is 117 cm³/mol. The quantitative estimate of drug-likeness (QED) is 0.440. The third kappa shape index (κ3) is 4.14. The summed E-state index contributed by atoms with van der Waals surface area (Å²) in [6.07, 6.45) is -4.96. The van der Waals surface area contributed by atoms with Crippen LogP contribution in [0.3, 0.4) is 0 Å². The Balaban J connectivity index is 1.74. The summed E-state index contributed by atoms with van der Waals surface area (Å²) < 4.78 is 40.1. The molecule has 0 aliphatic heterocycles. The van der Waals surface area contributed by atoms with E-state index in [2.05, 4.69) is 5.32 Å². The topological polar surface area (TPSA) is 72.2 Å². The number of benzene rings is 4. The van der Waals surface area contributed by atoms with Crippen molar-refractivity contribution in [2.24, 2.45) is 5.73 Å². The van der Waals surface area contributed by atoms with Crippen LogP contribution in [0, 0.1) is 0 Å². The molecule has 0 spiro atoms. The molecule has 32 heavy (non-hydrogen) atoms. The van der Waals surface area contributed by atoms with E-state index in [1.165, 1.54) is 18.2 Å². The van der Waals surface area contributed by atoms with Gasteiger partial charge in [-0.15, -0.1) is 0 Å². The number of rotatable bonds is 5. The smallest absolute Gasteiger partial charge is 0.368 e. The van der Waals surface area contributed by atoms with Crippen molar-refractivity contribution >= 4 is 33.4 Å². The molecule has 2 amide bonds. The second-order valence-corrected chi connectivity index (χ2v) is 7.48. The van der Waals surface area contributed by atoms with Crippen LogP contribution >= 0.6 is 0 Å². The van der Waals surface area contributed by atoms with E-state index >= 15 is 0 Å². The molecular formula is C25H19F3N2O2. The molecule has 1 atom stereocenters. The molecule has 0 unspecified atom stereocenters. The summed E-state index contributed by atoms with van der Waals surface area (Å²) in [5, 5.41) is 5.56. The van der Waals surface area contributed by atoms with Crippen molar-refractivity contribution in [3.8, 4) is 0 Å². The van der Waals surface area contributed by atoms with Gasteiger partial charge in [0.15, 0.2) is 0 Å². The maximum absolute atomic E-state index is 13.4. The van der Waals surface area contributed by atoms with Crippen LogP contribution in [0.15, 0.2) is 78.9 Å². The molecule has 0 fully saturated rings. The summed E-state index contributed by atoms with van der Waals surface area (Å²) in [6.45, 7) is 0. The van der Waals surface area contributed by atoms with Gasteiger partial charge in [0.25, 0.3) is 5.91 Å². The fourth-order valence-electron chi connectivity index (χ4n) is 3.91. The molecule has 4 rings (SSSR count). The first-order chi connectivity index (χ1) is 15.3. The van der Waals surface area contributed by atoms with Crippen molar-refractivity contribution in [3.63, 3.8) is 0 Å². The Labute approximate surface area is 181 Å². The Bertz CT molecular complexity index is 1280. The predicted octanol–water partition coefficient (Wildman–Crippen LogP) is 4.84. The minimum atomic E-state index is -4.59. The third-order valence-corrected chi connectivity index (χ3v) is 5.39. The fraction of sp³-hybridized carbons (Fsp3) is 0.120. The van der Waals surface area contributed by atoms with Crippen LogP contribution in [-0.2, 0) is 17.4 Å². The van der Waals surface area contributed by atoms with Crippen molar-refractivity contribution in [2.45, 2.75) is 18.6 Å². The van der Waals surface area contributed by atoms with E-state index in [1.807, 2.05) is 30.3 Å². The van der Waals surface area contributed by atoms with Crippen LogP contribution in [0.5, 0.6) is 0 Å². The number of carbonyl (C=O) groups is 2. The number of hydrogen-bond donors (Lipinski definition) is 2. The summed E-state index contributed by atoms with van der Waals surface area (Å²) in [7, 11) is 0. The molecule has 4 nitrogen and oxygen atoms in total. The standard InChI is InChI=1S/C25H19F3N2O2/c26-25(27,28)20-12-6-3-9-17(20)14-21(23(29)31)30-24(32)22-18-10-4-1-7-15(18)13-16-8-2-5-11-19(16)22/h1-13,21H,14H2,(H2,29,31)(H,30,32)/t21-/m0/s1. The van der Waals surface area contributed by atoms with Gasteiger partial charge in [-0.25, -0.2) is 0 Å². The van der Waals surface area contributed by atoms with Gasteiger partial charge in [0.05, 0.1) is 11.1 Å². The number of primary amides is 1. The first-order valence-corrected chi connectivity index (χ1v) is 9.91. The summed E-state index contributed by atoms with van der Waals surface area (Å²) in [4.78, 5) is 25.4. The number of fused-ring (bicyclic) bond motifs is 2. The molecule has 0 saturated carbocycles. The van der Waals surface area contributed by atoms with Crippen LogP contribution in [0.25, 0.3) is 21.5 Å². The van der Waals surface area contributed by atoms with Gasteiger partial charge in [0, 0.05) is 6.42 Å². The van der Waals surface area contributed by atoms with Crippen LogP contribution in [0.4, 0.5) is 13.2 Å². The Kier molecular flexibility index (Phi) is 5.57. The molecule has 0 heterocycles. The lowest BCUT2D eigenvalue weighted by atomic mass is 9.95. The zero-order chi connectivity index (χ0) is 22.9. The summed E-state index contributed by atoms with van der Waals surface area (Å²) >= 11 is 0. The van der Waals surface area contributed by atoms with Gasteiger partial charge in [-0.05, 0) is 39.2 Å². The van der Waals surface area contributed by atoms with Crippen LogP contribution in [0.1, 0.15) is 21.5 Å². The van der Waals surface area contributed by atoms with Crippen molar-refractivity contribution in [2.75, 3.05) is 0 Å². The Hall–Kier alpha value is -3.87. The van der Waals surface area contributed by atoms with Crippen molar-refractivity contribution in [1.29, 1.82) is 0 Å². The number of amides is 2. The van der Waals surface area contributed by atoms with Gasteiger partial charge in [-0.1, -0.05) is 66.7 Å². The van der Waals surface area contributed by atoms with Gasteiger partial charge in [-0.3, -0.25) is 9.59 Å². The van der Waals surface area contributed by atoms with E-state index < -0.39 is 29.6 Å². The van der Waals surface area contributed by atoms with Gasteiger partial charge < -0.3 is 11.1 Å². The van der Waals surface area contributed by atoms with Crippen molar-refractivity contribution in [1.82, 2.24) is 5.32 Å². The molecule has 0 bridgehead atoms. The van der Waals surface area contributed by atoms with Crippen molar-refractivity contribution < 1.29 is 22.8 Å². The van der Waals surface area contributed by atoms with Crippen LogP contribution in [-0.4, -0.2) is 17.9 Å². The van der Waals surface area contributed by atoms with Gasteiger partial charge in [0.2, 0.25) is 5.91 Å². The number of hydrogen-bond acceptors (Lipinski definition) is 2. The number of nitrogens with two attached hydrogens (primary N) is 1. The molecule has 0 aromatic heterocycles. The lowest BCUT2D eigenvalue weighted by Crippen LogP contribution is -2.46. The molecule has 3 N–H and O–H groups in total. The normalized spacial score (nSPS) is 12.6.